The van der Waals surface area contributed by atoms with Gasteiger partial charge >= 0.3 is 0 Å². The van der Waals surface area contributed by atoms with Crippen molar-refractivity contribution in [1.82, 2.24) is 5.32 Å². The third-order valence-corrected chi connectivity index (χ3v) is 8.67. The lowest BCUT2D eigenvalue weighted by molar-refractivity contribution is 0.0852. The lowest BCUT2D eigenvalue weighted by Crippen LogP contribution is -2.38. The van der Waals surface area contributed by atoms with E-state index < -0.39 is 12.3 Å². The highest BCUT2D eigenvalue weighted by molar-refractivity contribution is 6.31. The van der Waals surface area contributed by atoms with Gasteiger partial charge in [0.05, 0.1) is 53.9 Å². The van der Waals surface area contributed by atoms with Crippen molar-refractivity contribution in [2.24, 2.45) is 5.16 Å². The van der Waals surface area contributed by atoms with Gasteiger partial charge < -0.3 is 53.4 Å². The minimum atomic E-state index is -0.470. The van der Waals surface area contributed by atoms with Crippen molar-refractivity contribution in [3.05, 3.63) is 87.9 Å². The maximum Gasteiger partial charge on any atom is 0.255 e. The monoisotopic (exact) mass is 719 g/mol. The number of rotatable bonds is 14. The third-order valence-electron chi connectivity index (χ3n) is 8.43. The van der Waals surface area contributed by atoms with Crippen LogP contribution in [0.15, 0.2) is 65.8 Å². The van der Waals surface area contributed by atoms with Gasteiger partial charge in [0, 0.05) is 28.3 Å². The molecule has 2 heterocycles. The summed E-state index contributed by atoms with van der Waals surface area (Å²) in [4.78, 5) is 18.6. The van der Waals surface area contributed by atoms with Crippen LogP contribution >= 0.6 is 11.6 Å². The zero-order valence-corrected chi connectivity index (χ0v) is 29.7. The van der Waals surface area contributed by atoms with E-state index in [1.807, 2.05) is 36.4 Å². The van der Waals surface area contributed by atoms with Gasteiger partial charge in [0.25, 0.3) is 5.91 Å². The van der Waals surface area contributed by atoms with E-state index >= 15 is 0 Å². The van der Waals surface area contributed by atoms with Gasteiger partial charge in [0.2, 0.25) is 11.5 Å². The van der Waals surface area contributed by atoms with Crippen LogP contribution in [-0.4, -0.2) is 67.5 Å². The summed E-state index contributed by atoms with van der Waals surface area (Å²) in [5, 5.41) is 11.1. The van der Waals surface area contributed by atoms with Crippen molar-refractivity contribution in [2.75, 3.05) is 61.2 Å². The molecule has 4 aromatic carbocycles. The summed E-state index contributed by atoms with van der Waals surface area (Å²) < 4.78 is 45.6. The summed E-state index contributed by atoms with van der Waals surface area (Å²) in [6.45, 7) is 0.360. The number of fused-ring (bicyclic) bond motifs is 1. The quantitative estimate of drug-likeness (QED) is 0.137. The molecule has 13 nitrogen and oxygen atoms in total. The molecule has 268 valence electrons. The molecule has 0 radical (unpaired) electrons. The normalized spacial score (nSPS) is 16.1. The molecule has 2 atom stereocenters. The van der Waals surface area contributed by atoms with E-state index in [2.05, 4.69) is 15.8 Å². The maximum absolute atomic E-state index is 12.7. The molecular formula is C37H38ClN3O10. The average Bonchev–Trinajstić information content (AvgIpc) is 3.66. The second-order valence-corrected chi connectivity index (χ2v) is 11.8. The Morgan fingerprint density at radius 3 is 1.96 bits per heavy atom. The van der Waals surface area contributed by atoms with E-state index in [1.165, 1.54) is 0 Å². The molecule has 14 heteroatoms. The molecule has 0 aromatic heterocycles. The van der Waals surface area contributed by atoms with E-state index in [-0.39, 0.29) is 19.1 Å². The predicted octanol–water partition coefficient (Wildman–Crippen LogP) is 6.57. The topological polar surface area (TPSA) is 137 Å². The first-order valence-electron chi connectivity index (χ1n) is 15.9. The minimum Gasteiger partial charge on any atom is -0.493 e. The predicted molar refractivity (Wildman–Crippen MR) is 190 cm³/mol. The van der Waals surface area contributed by atoms with Gasteiger partial charge in [0.1, 0.15) is 19.4 Å². The number of benzene rings is 4. The zero-order valence-electron chi connectivity index (χ0n) is 29.0. The van der Waals surface area contributed by atoms with Gasteiger partial charge in [-0.3, -0.25) is 4.79 Å². The van der Waals surface area contributed by atoms with Gasteiger partial charge in [-0.15, -0.1) is 0 Å². The first-order chi connectivity index (χ1) is 24.8. The number of hydrogen-bond donors (Lipinski definition) is 2. The Bertz CT molecular complexity index is 1900. The van der Waals surface area contributed by atoms with E-state index in [1.54, 1.807) is 66.9 Å². The number of hydrogen-bond acceptors (Lipinski definition) is 12. The fourth-order valence-corrected chi connectivity index (χ4v) is 6.05. The summed E-state index contributed by atoms with van der Waals surface area (Å²) in [6.07, 6.45) is -0.395. The minimum absolute atomic E-state index is 0.172. The smallest absolute Gasteiger partial charge is 0.255 e. The summed E-state index contributed by atoms with van der Waals surface area (Å²) in [7, 11) is 9.34. The molecule has 0 bridgehead atoms. The Morgan fingerprint density at radius 2 is 1.31 bits per heavy atom. The fourth-order valence-electron chi connectivity index (χ4n) is 5.88. The molecule has 0 spiro atoms. The van der Waals surface area contributed by atoms with Crippen LogP contribution in [-0.2, 0) is 4.84 Å². The number of amides is 1. The third kappa shape index (κ3) is 7.29. The van der Waals surface area contributed by atoms with Crippen LogP contribution in [0.5, 0.6) is 46.0 Å². The number of carbonyl (C=O) groups is 1. The molecule has 2 aliphatic rings. The summed E-state index contributed by atoms with van der Waals surface area (Å²) >= 11 is 6.07. The second-order valence-electron chi connectivity index (χ2n) is 11.4. The Hall–Kier alpha value is -5.69. The van der Waals surface area contributed by atoms with Crippen molar-refractivity contribution >= 4 is 28.9 Å². The molecule has 0 aliphatic carbocycles. The number of methoxy groups -OCH3 is 6. The Kier molecular flexibility index (Phi) is 10.7. The number of nitrogens with one attached hydrogen (secondary N) is 2. The Balaban J connectivity index is 1.10. The van der Waals surface area contributed by atoms with Gasteiger partial charge in [0.15, 0.2) is 40.6 Å². The molecule has 4 aromatic rings. The number of nitrogens with zero attached hydrogens (tertiary/aromatic N) is 1. The summed E-state index contributed by atoms with van der Waals surface area (Å²) in [6, 6.07) is 17.9. The molecular weight excluding hydrogens is 682 g/mol. The molecule has 2 aliphatic heterocycles. The van der Waals surface area contributed by atoms with Crippen molar-refractivity contribution in [2.45, 2.75) is 18.7 Å². The molecule has 1 amide bonds. The molecule has 51 heavy (non-hydrogen) atoms. The average molecular weight is 720 g/mol. The largest absolute Gasteiger partial charge is 0.493 e. The Morgan fingerprint density at radius 1 is 0.686 bits per heavy atom. The van der Waals surface area contributed by atoms with Crippen LogP contribution in [0.3, 0.4) is 0 Å². The number of halogens is 1. The van der Waals surface area contributed by atoms with Gasteiger partial charge in [-0.1, -0.05) is 22.8 Å². The molecule has 0 fully saturated rings. The van der Waals surface area contributed by atoms with Crippen LogP contribution in [0.25, 0.3) is 0 Å². The van der Waals surface area contributed by atoms with E-state index in [9.17, 15) is 4.79 Å². The molecule has 0 saturated heterocycles. The highest BCUT2D eigenvalue weighted by Crippen LogP contribution is 2.44. The number of carbonyl (C=O) groups excluding carboxylic acids is 1. The molecule has 2 N–H and O–H groups in total. The van der Waals surface area contributed by atoms with Crippen molar-refractivity contribution in [1.29, 1.82) is 0 Å². The van der Waals surface area contributed by atoms with Crippen molar-refractivity contribution in [3.63, 3.8) is 0 Å². The van der Waals surface area contributed by atoms with E-state index in [4.69, 9.17) is 54.3 Å². The second kappa shape index (κ2) is 15.5. The van der Waals surface area contributed by atoms with Gasteiger partial charge in [-0.2, -0.15) is 0 Å². The zero-order chi connectivity index (χ0) is 36.1. The molecule has 6 rings (SSSR count). The van der Waals surface area contributed by atoms with Crippen molar-refractivity contribution < 1.29 is 47.5 Å². The van der Waals surface area contributed by atoms with E-state index in [0.29, 0.717) is 74.4 Å². The highest BCUT2D eigenvalue weighted by Gasteiger charge is 2.29. The number of anilines is 1. The molecule has 2 unspecified atom stereocenters. The lowest BCUT2D eigenvalue weighted by atomic mass is 9.99. The van der Waals surface area contributed by atoms with Crippen molar-refractivity contribution in [3.8, 4) is 46.0 Å². The van der Waals surface area contributed by atoms with Crippen LogP contribution in [0.1, 0.15) is 45.7 Å². The van der Waals surface area contributed by atoms with Crippen LogP contribution < -0.4 is 48.5 Å². The summed E-state index contributed by atoms with van der Waals surface area (Å²) in [5.74, 6) is 3.65. The SMILES string of the molecule is COc1cc(C2NC(=O)c3cc(Cl)ccc3N2)ccc1OCCOc1c(OC)cc(C2CC(c3cc(OC)c(OC)c(OC)c3)=NO2)cc1OC. The fraction of sp³-hybridized carbons (Fsp3) is 0.297. The maximum atomic E-state index is 12.7. The van der Waals surface area contributed by atoms with Crippen LogP contribution in [0.4, 0.5) is 5.69 Å². The lowest BCUT2D eigenvalue weighted by Gasteiger charge is -2.28. The highest BCUT2D eigenvalue weighted by atomic mass is 35.5. The van der Waals surface area contributed by atoms with Crippen LogP contribution in [0.2, 0.25) is 5.02 Å². The molecule has 0 saturated carbocycles. The van der Waals surface area contributed by atoms with Gasteiger partial charge in [-0.25, -0.2) is 0 Å². The first-order valence-corrected chi connectivity index (χ1v) is 16.3. The van der Waals surface area contributed by atoms with E-state index in [0.717, 1.165) is 16.7 Å². The number of ether oxygens (including phenoxy) is 8. The Labute approximate surface area is 300 Å². The summed E-state index contributed by atoms with van der Waals surface area (Å²) in [5.41, 5.74) is 4.24. The van der Waals surface area contributed by atoms with Crippen LogP contribution in [0, 0.1) is 0 Å². The van der Waals surface area contributed by atoms with Gasteiger partial charge in [-0.05, 0) is 60.2 Å². The first kappa shape index (κ1) is 35.1. The number of oxime groups is 1. The standard InChI is InChI=1S/C37H38ClN3O10/c1-43-29-13-20(36-39-25-9-8-23(38)18-24(25)37(42)40-36)7-10-27(29)49-11-12-50-35-32(46-4)16-22(17-33(35)47-5)28-19-26(41-51-28)21-14-30(44-2)34(48-6)31(15-21)45-3/h7-10,13-18,28,36,39H,11-12,19H2,1-6H3,(H,40,42).